The maximum atomic E-state index is 12.2. The van der Waals surface area contributed by atoms with E-state index in [1.54, 1.807) is 27.7 Å². The molecule has 2 bridgehead atoms. The van der Waals surface area contributed by atoms with Crippen LogP contribution in [0.2, 0.25) is 0 Å². The molecule has 2 aliphatic rings. The van der Waals surface area contributed by atoms with Gasteiger partial charge < -0.3 is 9.84 Å². The van der Waals surface area contributed by atoms with Crippen LogP contribution in [0.3, 0.4) is 0 Å². The zero-order valence-electron chi connectivity index (χ0n) is 11.4. The maximum Gasteiger partial charge on any atom is 0.411 e. The van der Waals surface area contributed by atoms with Gasteiger partial charge in [0.05, 0.1) is 0 Å². The highest BCUT2D eigenvalue weighted by atomic mass is 16.6. The SMILES string of the molecule is CC(C)(C)OC(=O)N1[C@H]2CC[C@H](C2)[C@@]1(C)C(=O)O. The molecule has 0 radical (unpaired) electrons. The van der Waals surface area contributed by atoms with Crippen molar-refractivity contribution in [3.63, 3.8) is 0 Å². The van der Waals surface area contributed by atoms with E-state index >= 15 is 0 Å². The number of carboxylic acid groups (broad SMARTS) is 1. The lowest BCUT2D eigenvalue weighted by Crippen LogP contribution is -2.59. The molecule has 2 rings (SSSR count). The zero-order chi connectivity index (χ0) is 13.7. The second-order valence-electron chi connectivity index (χ2n) is 6.47. The van der Waals surface area contributed by atoms with Gasteiger partial charge in [0, 0.05) is 6.04 Å². The summed E-state index contributed by atoms with van der Waals surface area (Å²) in [7, 11) is 0. The molecule has 1 amide bonds. The van der Waals surface area contributed by atoms with Crippen LogP contribution in [0.1, 0.15) is 47.0 Å². The van der Waals surface area contributed by atoms with Crippen LogP contribution in [0.4, 0.5) is 4.79 Å². The molecule has 5 heteroatoms. The fourth-order valence-electron chi connectivity index (χ4n) is 3.21. The summed E-state index contributed by atoms with van der Waals surface area (Å²) in [6.45, 7) is 7.01. The molecule has 2 fully saturated rings. The number of amides is 1. The van der Waals surface area contributed by atoms with Crippen molar-refractivity contribution in [2.45, 2.75) is 64.1 Å². The summed E-state index contributed by atoms with van der Waals surface area (Å²) in [5, 5.41) is 9.46. The van der Waals surface area contributed by atoms with E-state index in [4.69, 9.17) is 4.74 Å². The molecular formula is C13H21NO4. The Kier molecular flexibility index (Phi) is 2.83. The van der Waals surface area contributed by atoms with Crippen molar-refractivity contribution < 1.29 is 19.4 Å². The molecule has 1 aliphatic heterocycles. The number of likely N-dealkylation sites (tertiary alicyclic amines) is 1. The number of aliphatic carboxylic acids is 1. The second-order valence-corrected chi connectivity index (χ2v) is 6.47. The Balaban J connectivity index is 2.25. The number of carbonyl (C=O) groups excluding carboxylic acids is 1. The van der Waals surface area contributed by atoms with E-state index in [2.05, 4.69) is 0 Å². The first kappa shape index (κ1) is 13.2. The number of nitrogens with zero attached hydrogens (tertiary/aromatic N) is 1. The van der Waals surface area contributed by atoms with Crippen LogP contribution < -0.4 is 0 Å². The van der Waals surface area contributed by atoms with Crippen LogP contribution in [0, 0.1) is 5.92 Å². The molecule has 3 atom stereocenters. The smallest absolute Gasteiger partial charge is 0.411 e. The molecule has 1 aliphatic carbocycles. The molecule has 0 spiro atoms. The highest BCUT2D eigenvalue weighted by Gasteiger charge is 2.61. The second kappa shape index (κ2) is 3.87. The number of carboxylic acids is 1. The Labute approximate surface area is 107 Å². The highest BCUT2D eigenvalue weighted by Crippen LogP contribution is 2.49. The van der Waals surface area contributed by atoms with Gasteiger partial charge in [-0.3, -0.25) is 4.90 Å². The van der Waals surface area contributed by atoms with Crippen LogP contribution >= 0.6 is 0 Å². The summed E-state index contributed by atoms with van der Waals surface area (Å²) in [6.07, 6.45) is 2.04. The van der Waals surface area contributed by atoms with E-state index in [1.807, 2.05) is 0 Å². The van der Waals surface area contributed by atoms with Crippen molar-refractivity contribution in [3.05, 3.63) is 0 Å². The lowest BCUT2D eigenvalue weighted by molar-refractivity contribution is -0.153. The molecule has 5 nitrogen and oxygen atoms in total. The van der Waals surface area contributed by atoms with Crippen LogP contribution in [0.25, 0.3) is 0 Å². The standard InChI is InChI=1S/C13H21NO4/c1-12(2,3)18-11(17)14-9-6-5-8(7-9)13(14,4)10(15)16/h8-9H,5-7H2,1-4H3,(H,15,16)/t8-,9+,13+/m1/s1. The largest absolute Gasteiger partial charge is 0.479 e. The van der Waals surface area contributed by atoms with Crippen molar-refractivity contribution >= 4 is 12.1 Å². The van der Waals surface area contributed by atoms with Gasteiger partial charge >= 0.3 is 12.1 Å². The normalized spacial score (nSPS) is 34.8. The van der Waals surface area contributed by atoms with E-state index in [9.17, 15) is 14.7 Å². The third-order valence-corrected chi connectivity index (χ3v) is 4.09. The molecule has 18 heavy (non-hydrogen) atoms. The highest BCUT2D eigenvalue weighted by molar-refractivity contribution is 5.86. The van der Waals surface area contributed by atoms with E-state index in [-0.39, 0.29) is 12.0 Å². The Hall–Kier alpha value is -1.26. The fraction of sp³-hybridized carbons (Fsp3) is 0.846. The number of hydrogen-bond acceptors (Lipinski definition) is 3. The zero-order valence-corrected chi connectivity index (χ0v) is 11.4. The summed E-state index contributed by atoms with van der Waals surface area (Å²) >= 11 is 0. The number of fused-ring (bicyclic) bond motifs is 2. The summed E-state index contributed by atoms with van der Waals surface area (Å²) in [5.41, 5.74) is -1.70. The first-order valence-corrected chi connectivity index (χ1v) is 6.42. The van der Waals surface area contributed by atoms with E-state index < -0.39 is 23.2 Å². The van der Waals surface area contributed by atoms with Crippen LogP contribution in [-0.4, -0.2) is 39.3 Å². The topological polar surface area (TPSA) is 66.8 Å². The molecular weight excluding hydrogens is 234 g/mol. The van der Waals surface area contributed by atoms with E-state index in [1.165, 1.54) is 4.90 Å². The third kappa shape index (κ3) is 1.85. The number of ether oxygens (including phenoxy) is 1. The number of carbonyl (C=O) groups is 2. The summed E-state index contributed by atoms with van der Waals surface area (Å²) in [4.78, 5) is 25.2. The number of rotatable bonds is 1. The lowest BCUT2D eigenvalue weighted by Gasteiger charge is -2.41. The van der Waals surface area contributed by atoms with Gasteiger partial charge in [0.15, 0.2) is 0 Å². The van der Waals surface area contributed by atoms with E-state index in [0.29, 0.717) is 0 Å². The quantitative estimate of drug-likeness (QED) is 0.780. The van der Waals surface area contributed by atoms with Gasteiger partial charge in [-0.2, -0.15) is 0 Å². The third-order valence-electron chi connectivity index (χ3n) is 4.09. The predicted octanol–water partition coefficient (Wildman–Crippen LogP) is 2.25. The number of hydrogen-bond donors (Lipinski definition) is 1. The molecule has 102 valence electrons. The Morgan fingerprint density at radius 2 is 1.94 bits per heavy atom. The molecule has 1 saturated carbocycles. The molecule has 0 unspecified atom stereocenters. The summed E-state index contributed by atoms with van der Waals surface area (Å²) in [6, 6.07) is 0.0194. The van der Waals surface area contributed by atoms with Gasteiger partial charge in [-0.15, -0.1) is 0 Å². The lowest BCUT2D eigenvalue weighted by atomic mass is 9.85. The van der Waals surface area contributed by atoms with Crippen LogP contribution in [-0.2, 0) is 9.53 Å². The van der Waals surface area contributed by atoms with Crippen molar-refractivity contribution in [2.75, 3.05) is 0 Å². The van der Waals surface area contributed by atoms with Crippen LogP contribution in [0.15, 0.2) is 0 Å². The first-order chi connectivity index (χ1) is 8.16. The number of piperidine rings is 1. The van der Waals surface area contributed by atoms with Gasteiger partial charge in [0.2, 0.25) is 0 Å². The predicted molar refractivity (Wildman–Crippen MR) is 65.2 cm³/mol. The minimum atomic E-state index is -1.11. The van der Waals surface area contributed by atoms with Crippen molar-refractivity contribution in [3.8, 4) is 0 Å². The molecule has 1 heterocycles. The molecule has 1 N–H and O–H groups in total. The maximum absolute atomic E-state index is 12.2. The molecule has 0 aromatic carbocycles. The molecule has 0 aromatic rings. The van der Waals surface area contributed by atoms with Gasteiger partial charge in [-0.05, 0) is 52.9 Å². The Morgan fingerprint density at radius 3 is 2.44 bits per heavy atom. The van der Waals surface area contributed by atoms with E-state index in [0.717, 1.165) is 19.3 Å². The van der Waals surface area contributed by atoms with Crippen LogP contribution in [0.5, 0.6) is 0 Å². The average Bonchev–Trinajstić information content (AvgIpc) is 2.73. The first-order valence-electron chi connectivity index (χ1n) is 6.42. The Morgan fingerprint density at radius 1 is 1.33 bits per heavy atom. The minimum Gasteiger partial charge on any atom is -0.479 e. The summed E-state index contributed by atoms with van der Waals surface area (Å²) < 4.78 is 5.34. The minimum absolute atomic E-state index is 0.0194. The summed E-state index contributed by atoms with van der Waals surface area (Å²) in [5.74, 6) is -0.881. The van der Waals surface area contributed by atoms with Gasteiger partial charge in [-0.25, -0.2) is 9.59 Å². The van der Waals surface area contributed by atoms with Gasteiger partial charge in [-0.1, -0.05) is 0 Å². The molecule has 1 saturated heterocycles. The van der Waals surface area contributed by atoms with Gasteiger partial charge in [0.1, 0.15) is 11.1 Å². The Bertz CT molecular complexity index is 387. The van der Waals surface area contributed by atoms with Crippen molar-refractivity contribution in [1.82, 2.24) is 4.90 Å². The van der Waals surface area contributed by atoms with Gasteiger partial charge in [0.25, 0.3) is 0 Å². The average molecular weight is 255 g/mol. The van der Waals surface area contributed by atoms with Crippen molar-refractivity contribution in [2.24, 2.45) is 5.92 Å². The fourth-order valence-corrected chi connectivity index (χ4v) is 3.21. The molecule has 0 aromatic heterocycles. The monoisotopic (exact) mass is 255 g/mol. The van der Waals surface area contributed by atoms with Crippen molar-refractivity contribution in [1.29, 1.82) is 0 Å².